The van der Waals surface area contributed by atoms with Gasteiger partial charge in [-0.25, -0.2) is 24.6 Å². The molecule has 0 fully saturated rings. The number of nitrogens with two attached hydrogens (primary N) is 1. The van der Waals surface area contributed by atoms with Gasteiger partial charge in [0.25, 0.3) is 0 Å². The van der Waals surface area contributed by atoms with E-state index in [4.69, 9.17) is 25.1 Å². The molecule has 0 aliphatic carbocycles. The first-order valence-corrected chi connectivity index (χ1v) is 12.6. The number of imidazole rings is 1. The maximum atomic E-state index is 6.23. The summed E-state index contributed by atoms with van der Waals surface area (Å²) < 4.78 is 13.1. The normalized spacial score (nSPS) is 11.2. The van der Waals surface area contributed by atoms with E-state index in [1.54, 1.807) is 24.7 Å². The predicted molar refractivity (Wildman–Crippen MR) is 144 cm³/mol. The number of hydrogen-bond donors (Lipinski definition) is 3. The largest absolute Gasteiger partial charge is 0.490 e. The molecule has 0 bridgehead atoms. The third-order valence-corrected chi connectivity index (χ3v) is 5.98. The van der Waals surface area contributed by atoms with Crippen LogP contribution in [0.2, 0.25) is 0 Å². The highest BCUT2D eigenvalue weighted by Gasteiger charge is 2.23. The van der Waals surface area contributed by atoms with Crippen LogP contribution >= 0.6 is 0 Å². The minimum Gasteiger partial charge on any atom is -0.490 e. The molecule has 0 saturated carbocycles. The Morgan fingerprint density at radius 2 is 1.79 bits per heavy atom. The molecule has 0 saturated heterocycles. The summed E-state index contributed by atoms with van der Waals surface area (Å²) in [7, 11) is 0. The first kappa shape index (κ1) is 25.1. The van der Waals surface area contributed by atoms with Crippen molar-refractivity contribution in [2.24, 2.45) is 0 Å². The van der Waals surface area contributed by atoms with E-state index in [9.17, 15) is 0 Å². The van der Waals surface area contributed by atoms with Crippen LogP contribution in [0.5, 0.6) is 5.75 Å². The number of nitrogens with zero attached hydrogens (tertiary/aromatic N) is 7. The van der Waals surface area contributed by atoms with Gasteiger partial charge in [0.05, 0.1) is 18.5 Å². The van der Waals surface area contributed by atoms with Crippen LogP contribution in [0, 0.1) is 0 Å². The van der Waals surface area contributed by atoms with Gasteiger partial charge in [-0.05, 0) is 42.7 Å². The first-order chi connectivity index (χ1) is 18.8. The van der Waals surface area contributed by atoms with Gasteiger partial charge in [0.2, 0.25) is 5.95 Å². The Labute approximate surface area is 219 Å². The van der Waals surface area contributed by atoms with Crippen LogP contribution in [0.4, 0.5) is 11.8 Å². The van der Waals surface area contributed by atoms with Crippen molar-refractivity contribution in [1.29, 1.82) is 0 Å². The van der Waals surface area contributed by atoms with E-state index in [-0.39, 0.29) is 5.82 Å². The zero-order valence-corrected chi connectivity index (χ0v) is 21.2. The summed E-state index contributed by atoms with van der Waals surface area (Å²) in [6.07, 6.45) is 7.06. The molecular weight excluding hydrogens is 484 g/mol. The Kier molecular flexibility index (Phi) is 7.99. The van der Waals surface area contributed by atoms with Gasteiger partial charge in [0, 0.05) is 37.6 Å². The lowest BCUT2D eigenvalue weighted by Gasteiger charge is -2.12. The molecule has 12 nitrogen and oxygen atoms in total. The van der Waals surface area contributed by atoms with Crippen LogP contribution in [0.3, 0.4) is 0 Å². The number of rotatable bonds is 13. The van der Waals surface area contributed by atoms with Crippen molar-refractivity contribution in [2.75, 3.05) is 37.3 Å². The Balaban J connectivity index is 1.25. The van der Waals surface area contributed by atoms with E-state index in [2.05, 4.69) is 30.9 Å². The molecule has 0 atom stereocenters. The van der Waals surface area contributed by atoms with Gasteiger partial charge in [-0.15, -0.1) is 0 Å². The van der Waals surface area contributed by atoms with Gasteiger partial charge in [-0.1, -0.05) is 30.3 Å². The summed E-state index contributed by atoms with van der Waals surface area (Å²) in [5.74, 6) is 2.05. The maximum Gasteiger partial charge on any atom is 0.222 e. The molecule has 196 valence electrons. The predicted octanol–water partition coefficient (Wildman–Crippen LogP) is 3.40. The lowest BCUT2D eigenvalue weighted by Crippen LogP contribution is -2.24. The number of ether oxygens (including phenoxy) is 1. The molecule has 4 N–H and O–H groups in total. The Morgan fingerprint density at radius 1 is 0.947 bits per heavy atom. The second-order valence-corrected chi connectivity index (χ2v) is 8.52. The van der Waals surface area contributed by atoms with Crippen molar-refractivity contribution < 1.29 is 9.37 Å². The third kappa shape index (κ3) is 5.54. The number of aryl methyl sites for hydroxylation is 1. The zero-order chi connectivity index (χ0) is 26.2. The van der Waals surface area contributed by atoms with Gasteiger partial charge >= 0.3 is 0 Å². The van der Waals surface area contributed by atoms with Crippen LogP contribution in [0.1, 0.15) is 19.8 Å². The molecule has 5 rings (SSSR count). The van der Waals surface area contributed by atoms with Crippen molar-refractivity contribution in [3.63, 3.8) is 0 Å². The molecule has 1 aromatic carbocycles. The molecular formula is C26H30N10O2. The molecule has 5 aromatic rings. The molecule has 0 unspecified atom stereocenters. The number of aromatic nitrogens is 7. The second-order valence-electron chi connectivity index (χ2n) is 8.52. The van der Waals surface area contributed by atoms with E-state index in [1.807, 2.05) is 41.8 Å². The number of fused-ring (bicyclic) bond motifs is 1. The number of nitrogens with one attached hydrogen (secondary N) is 2. The molecule has 0 spiro atoms. The minimum absolute atomic E-state index is 0.186. The summed E-state index contributed by atoms with van der Waals surface area (Å²) in [5.41, 5.74) is 9.68. The van der Waals surface area contributed by atoms with Crippen LogP contribution in [0.25, 0.3) is 33.8 Å². The van der Waals surface area contributed by atoms with Crippen LogP contribution < -0.4 is 21.1 Å². The van der Waals surface area contributed by atoms with Crippen molar-refractivity contribution in [1.82, 2.24) is 40.1 Å². The van der Waals surface area contributed by atoms with Crippen molar-refractivity contribution >= 4 is 22.8 Å². The van der Waals surface area contributed by atoms with Crippen LogP contribution in [0.15, 0.2) is 59.6 Å². The average molecular weight is 515 g/mol. The second kappa shape index (κ2) is 12.1. The van der Waals surface area contributed by atoms with Crippen molar-refractivity contribution in [3.8, 4) is 28.5 Å². The summed E-state index contributed by atoms with van der Waals surface area (Å²) in [6, 6.07) is 11.7. The number of benzene rings is 1. The average Bonchev–Trinajstić information content (AvgIpc) is 3.56. The van der Waals surface area contributed by atoms with Gasteiger partial charge in [0.15, 0.2) is 23.1 Å². The fraction of sp³-hybridized carbons (Fsp3) is 0.308. The minimum atomic E-state index is 0.186. The van der Waals surface area contributed by atoms with E-state index in [0.717, 1.165) is 49.2 Å². The van der Waals surface area contributed by atoms with Crippen molar-refractivity contribution in [2.45, 2.75) is 26.3 Å². The Bertz CT molecular complexity index is 1450. The highest BCUT2D eigenvalue weighted by atomic mass is 16.6. The highest BCUT2D eigenvalue weighted by molar-refractivity contribution is 5.95. The SMILES string of the molecule is CCn1c(-c2nonc2N)nc2c(-c3ccccc3)ncc(OCCCCNCCNc3ncccn3)c21. The number of hydrogen-bond acceptors (Lipinski definition) is 11. The van der Waals surface area contributed by atoms with Crippen molar-refractivity contribution in [3.05, 3.63) is 55.0 Å². The van der Waals surface area contributed by atoms with Crippen LogP contribution in [-0.2, 0) is 6.54 Å². The molecule has 0 aliphatic heterocycles. The Hall–Kier alpha value is -4.58. The number of pyridine rings is 1. The standard InChI is InChI=1S/C26H30N10O2/c1-2-36-23-19(37-16-7-6-11-28-14-15-31-26-29-12-8-13-30-26)17-32-20(18-9-4-3-5-10-18)21(23)33-25(36)22-24(27)35-38-34-22/h3-5,8-10,12-13,17,28H,2,6-7,11,14-16H2,1H3,(H2,27,35)(H,29,30,31). The molecule has 12 heteroatoms. The zero-order valence-electron chi connectivity index (χ0n) is 21.2. The molecule has 4 aromatic heterocycles. The fourth-order valence-corrected chi connectivity index (χ4v) is 4.18. The van der Waals surface area contributed by atoms with Gasteiger partial charge in [-0.3, -0.25) is 0 Å². The lowest BCUT2D eigenvalue weighted by atomic mass is 10.1. The van der Waals surface area contributed by atoms with E-state index >= 15 is 0 Å². The lowest BCUT2D eigenvalue weighted by molar-refractivity contribution is 0.307. The third-order valence-electron chi connectivity index (χ3n) is 5.98. The molecule has 0 radical (unpaired) electrons. The molecule has 0 amide bonds. The summed E-state index contributed by atoms with van der Waals surface area (Å²) >= 11 is 0. The summed E-state index contributed by atoms with van der Waals surface area (Å²) in [6.45, 7) is 5.67. The number of unbranched alkanes of at least 4 members (excludes halogenated alkanes) is 1. The molecule has 38 heavy (non-hydrogen) atoms. The smallest absolute Gasteiger partial charge is 0.222 e. The molecule has 0 aliphatic rings. The topological polar surface area (TPSA) is 155 Å². The van der Waals surface area contributed by atoms with Crippen LogP contribution in [-0.4, -0.2) is 61.1 Å². The maximum absolute atomic E-state index is 6.23. The summed E-state index contributed by atoms with van der Waals surface area (Å²) in [5, 5.41) is 14.3. The number of anilines is 2. The summed E-state index contributed by atoms with van der Waals surface area (Å²) in [4.78, 5) is 17.9. The van der Waals surface area contributed by atoms with Gasteiger partial charge < -0.3 is 25.7 Å². The van der Waals surface area contributed by atoms with Gasteiger partial charge in [0.1, 0.15) is 11.0 Å². The fourth-order valence-electron chi connectivity index (χ4n) is 4.18. The Morgan fingerprint density at radius 3 is 2.55 bits per heavy atom. The quantitative estimate of drug-likeness (QED) is 0.198. The highest BCUT2D eigenvalue weighted by Crippen LogP contribution is 2.36. The monoisotopic (exact) mass is 514 g/mol. The first-order valence-electron chi connectivity index (χ1n) is 12.6. The number of nitrogen functional groups attached to an aromatic ring is 1. The van der Waals surface area contributed by atoms with E-state index in [0.29, 0.717) is 41.9 Å². The van der Waals surface area contributed by atoms with E-state index in [1.165, 1.54) is 0 Å². The van der Waals surface area contributed by atoms with E-state index < -0.39 is 0 Å². The molecule has 4 heterocycles. The van der Waals surface area contributed by atoms with Gasteiger partial charge in [-0.2, -0.15) is 0 Å².